The van der Waals surface area contributed by atoms with Crippen LogP contribution in [0.2, 0.25) is 0 Å². The van der Waals surface area contributed by atoms with Crippen LogP contribution in [0, 0.1) is 18.6 Å². The number of aromatic nitrogens is 4. The number of nitrogens with zero attached hydrogens (tertiary/aromatic N) is 4. The molecule has 0 bridgehead atoms. The van der Waals surface area contributed by atoms with Crippen molar-refractivity contribution in [3.63, 3.8) is 0 Å². The topological polar surface area (TPSA) is 64.7 Å². The maximum atomic E-state index is 14.5. The molecule has 32 heavy (non-hydrogen) atoms. The molecule has 4 rings (SSSR count). The molecule has 0 saturated carbocycles. The van der Waals surface area contributed by atoms with Crippen LogP contribution in [0.4, 0.5) is 27.6 Å². The van der Waals surface area contributed by atoms with E-state index in [0.717, 1.165) is 42.1 Å². The van der Waals surface area contributed by atoms with E-state index in [1.54, 1.807) is 13.1 Å². The number of halogens is 5. The molecule has 0 fully saturated rings. The van der Waals surface area contributed by atoms with E-state index >= 15 is 0 Å². The summed E-state index contributed by atoms with van der Waals surface area (Å²) in [4.78, 5) is 12.6. The predicted molar refractivity (Wildman–Crippen MR) is 105 cm³/mol. The lowest BCUT2D eigenvalue weighted by atomic mass is 10.2. The minimum Gasteiger partial charge on any atom is -0.322 e. The SMILES string of the molecule is Cc1cnn(-c2ccc(NC(=O)c3cnn(-c4ccc(F)cc4)c3C(F)(F)F)cc2F)c1. The van der Waals surface area contributed by atoms with E-state index in [1.807, 2.05) is 0 Å². The number of rotatable bonds is 4. The number of anilines is 1. The zero-order chi connectivity index (χ0) is 23.0. The van der Waals surface area contributed by atoms with Crippen molar-refractivity contribution in [2.24, 2.45) is 0 Å². The zero-order valence-electron chi connectivity index (χ0n) is 16.4. The number of aryl methyl sites for hydroxylation is 1. The van der Waals surface area contributed by atoms with Crippen LogP contribution in [0.1, 0.15) is 21.6 Å². The molecule has 11 heteroatoms. The van der Waals surface area contributed by atoms with Crippen molar-refractivity contribution in [1.82, 2.24) is 19.6 Å². The Morgan fingerprint density at radius 1 is 1.00 bits per heavy atom. The molecule has 1 N–H and O–H groups in total. The number of hydrogen-bond acceptors (Lipinski definition) is 3. The van der Waals surface area contributed by atoms with Gasteiger partial charge in [-0.1, -0.05) is 0 Å². The van der Waals surface area contributed by atoms with Gasteiger partial charge >= 0.3 is 6.18 Å². The largest absolute Gasteiger partial charge is 0.434 e. The van der Waals surface area contributed by atoms with Gasteiger partial charge in [0.2, 0.25) is 0 Å². The minimum absolute atomic E-state index is 0.0530. The summed E-state index contributed by atoms with van der Waals surface area (Å²) >= 11 is 0. The van der Waals surface area contributed by atoms with Gasteiger partial charge < -0.3 is 5.32 Å². The molecule has 6 nitrogen and oxygen atoms in total. The van der Waals surface area contributed by atoms with Crippen LogP contribution < -0.4 is 5.32 Å². The van der Waals surface area contributed by atoms with Gasteiger partial charge in [-0.2, -0.15) is 23.4 Å². The molecule has 164 valence electrons. The molecule has 0 aliphatic carbocycles. The summed E-state index contributed by atoms with van der Waals surface area (Å²) < 4.78 is 70.6. The van der Waals surface area contributed by atoms with Gasteiger partial charge in [0.15, 0.2) is 11.5 Å². The van der Waals surface area contributed by atoms with Crippen LogP contribution >= 0.6 is 0 Å². The molecule has 2 aromatic heterocycles. The van der Waals surface area contributed by atoms with E-state index in [0.29, 0.717) is 4.68 Å². The van der Waals surface area contributed by atoms with Crippen molar-refractivity contribution in [2.75, 3.05) is 5.32 Å². The molecule has 0 spiro atoms. The van der Waals surface area contributed by atoms with Crippen LogP contribution in [0.25, 0.3) is 11.4 Å². The van der Waals surface area contributed by atoms with E-state index in [1.165, 1.54) is 23.0 Å². The van der Waals surface area contributed by atoms with Crippen LogP contribution in [0.3, 0.4) is 0 Å². The van der Waals surface area contributed by atoms with Crippen LogP contribution in [0.5, 0.6) is 0 Å². The first kappa shape index (κ1) is 21.2. The normalized spacial score (nSPS) is 11.6. The van der Waals surface area contributed by atoms with Crippen LogP contribution in [-0.4, -0.2) is 25.5 Å². The Hall–Kier alpha value is -4.02. The van der Waals surface area contributed by atoms with Crippen molar-refractivity contribution < 1.29 is 26.7 Å². The summed E-state index contributed by atoms with van der Waals surface area (Å²) in [6.45, 7) is 1.78. The fourth-order valence-corrected chi connectivity index (χ4v) is 3.08. The fourth-order valence-electron chi connectivity index (χ4n) is 3.08. The summed E-state index contributed by atoms with van der Waals surface area (Å²) in [7, 11) is 0. The molecule has 0 atom stereocenters. The first-order valence-electron chi connectivity index (χ1n) is 9.17. The minimum atomic E-state index is -4.94. The Kier molecular flexibility index (Phi) is 5.25. The molecule has 2 heterocycles. The molecule has 0 aliphatic heterocycles. The Labute approximate surface area is 177 Å². The highest BCUT2D eigenvalue weighted by atomic mass is 19.4. The molecule has 2 aromatic carbocycles. The van der Waals surface area contributed by atoms with E-state index < -0.39 is 35.0 Å². The van der Waals surface area contributed by atoms with Crippen molar-refractivity contribution in [3.8, 4) is 11.4 Å². The van der Waals surface area contributed by atoms with Crippen molar-refractivity contribution in [2.45, 2.75) is 13.1 Å². The Morgan fingerprint density at radius 2 is 1.72 bits per heavy atom. The zero-order valence-corrected chi connectivity index (χ0v) is 16.4. The van der Waals surface area contributed by atoms with Crippen molar-refractivity contribution in [1.29, 1.82) is 0 Å². The molecule has 0 aliphatic rings. The lowest BCUT2D eigenvalue weighted by molar-refractivity contribution is -0.143. The van der Waals surface area contributed by atoms with E-state index in [9.17, 15) is 26.7 Å². The fraction of sp³-hybridized carbons (Fsp3) is 0.0952. The number of carbonyl (C=O) groups is 1. The number of carbonyl (C=O) groups excluding carboxylic acids is 1. The summed E-state index contributed by atoms with van der Waals surface area (Å²) in [6, 6.07) is 7.80. The summed E-state index contributed by atoms with van der Waals surface area (Å²) in [6.07, 6.45) is -1.06. The second-order valence-electron chi connectivity index (χ2n) is 6.88. The Balaban J connectivity index is 1.65. The molecular weight excluding hydrogens is 433 g/mol. The number of amides is 1. The highest BCUT2D eigenvalue weighted by molar-refractivity contribution is 6.05. The number of alkyl halides is 3. The smallest absolute Gasteiger partial charge is 0.322 e. The third-order valence-corrected chi connectivity index (χ3v) is 4.52. The highest BCUT2D eigenvalue weighted by Gasteiger charge is 2.40. The second-order valence-corrected chi connectivity index (χ2v) is 6.88. The predicted octanol–water partition coefficient (Wildman–Crippen LogP) is 4.92. The summed E-state index contributed by atoms with van der Waals surface area (Å²) in [5.41, 5.74) is -1.33. The number of nitrogens with one attached hydrogen (secondary N) is 1. The lowest BCUT2D eigenvalue weighted by Gasteiger charge is -2.13. The van der Waals surface area contributed by atoms with E-state index in [-0.39, 0.29) is 17.1 Å². The van der Waals surface area contributed by atoms with Crippen molar-refractivity contribution in [3.05, 3.63) is 89.5 Å². The quantitative estimate of drug-likeness (QED) is 0.452. The molecule has 1 amide bonds. The van der Waals surface area contributed by atoms with Crippen molar-refractivity contribution >= 4 is 11.6 Å². The summed E-state index contributed by atoms with van der Waals surface area (Å²) in [5.74, 6) is -2.50. The first-order valence-corrected chi connectivity index (χ1v) is 9.17. The third kappa shape index (κ3) is 4.09. The lowest BCUT2D eigenvalue weighted by Crippen LogP contribution is -2.20. The number of hydrogen-bond donors (Lipinski definition) is 1. The standard InChI is InChI=1S/C21H14F5N5O/c1-12-9-27-30(11-12)18-7-4-14(8-17(18)23)29-20(32)16-10-28-31(19(16)21(24,25)26)15-5-2-13(22)3-6-15/h2-11H,1H3,(H,29,32). The molecule has 0 unspecified atom stereocenters. The van der Waals surface area contributed by atoms with Gasteiger partial charge in [0, 0.05) is 11.9 Å². The average Bonchev–Trinajstić information content (AvgIpc) is 3.35. The summed E-state index contributed by atoms with van der Waals surface area (Å²) in [5, 5.41) is 9.88. The van der Waals surface area contributed by atoms with Gasteiger partial charge in [0.1, 0.15) is 11.5 Å². The van der Waals surface area contributed by atoms with Crippen LogP contribution in [-0.2, 0) is 6.18 Å². The maximum absolute atomic E-state index is 14.5. The van der Waals surface area contributed by atoms with Gasteiger partial charge in [-0.3, -0.25) is 4.79 Å². The Bertz CT molecular complexity index is 1290. The monoisotopic (exact) mass is 447 g/mol. The average molecular weight is 447 g/mol. The third-order valence-electron chi connectivity index (χ3n) is 4.52. The first-order chi connectivity index (χ1) is 15.1. The van der Waals surface area contributed by atoms with Gasteiger partial charge in [0.25, 0.3) is 5.91 Å². The molecule has 0 saturated heterocycles. The van der Waals surface area contributed by atoms with E-state index in [2.05, 4.69) is 15.5 Å². The second kappa shape index (κ2) is 7.91. The van der Waals surface area contributed by atoms with E-state index in [4.69, 9.17) is 0 Å². The van der Waals surface area contributed by atoms with Gasteiger partial charge in [-0.05, 0) is 55.0 Å². The number of benzene rings is 2. The van der Waals surface area contributed by atoms with Crippen LogP contribution in [0.15, 0.2) is 61.1 Å². The van der Waals surface area contributed by atoms with Gasteiger partial charge in [-0.15, -0.1) is 0 Å². The van der Waals surface area contributed by atoms with Gasteiger partial charge in [0.05, 0.1) is 23.6 Å². The Morgan fingerprint density at radius 3 is 2.31 bits per heavy atom. The highest BCUT2D eigenvalue weighted by Crippen LogP contribution is 2.34. The molecular formula is C21H14F5N5O. The maximum Gasteiger partial charge on any atom is 0.434 e. The van der Waals surface area contributed by atoms with Gasteiger partial charge in [-0.25, -0.2) is 18.1 Å². The molecule has 4 aromatic rings. The molecule has 0 radical (unpaired) electrons.